The zero-order valence-electron chi connectivity index (χ0n) is 56.6. The first-order chi connectivity index (χ1) is 50.6. The van der Waals surface area contributed by atoms with Crippen molar-refractivity contribution in [1.29, 1.82) is 0 Å². The van der Waals surface area contributed by atoms with E-state index in [1.807, 2.05) is 206 Å². The zero-order chi connectivity index (χ0) is 68.8. The Labute approximate surface area is 591 Å². The Balaban J connectivity index is 0.973. The summed E-state index contributed by atoms with van der Waals surface area (Å²) in [6.07, 6.45) is 0. The fourth-order valence-corrected chi connectivity index (χ4v) is 11.6. The fourth-order valence-electron chi connectivity index (χ4n) is 11.6. The van der Waals surface area contributed by atoms with Gasteiger partial charge in [-0.2, -0.15) is 0 Å². The number of benzene rings is 9. The third kappa shape index (κ3) is 18.0. The Morgan fingerprint density at radius 2 is 0.392 bits per heavy atom. The van der Waals surface area contributed by atoms with Gasteiger partial charge in [0.1, 0.15) is 107 Å². The quantitative estimate of drug-likeness (QED) is 0.130. The molecule has 0 spiro atoms. The molecule has 520 valence electrons. The van der Waals surface area contributed by atoms with Gasteiger partial charge < -0.3 is 66.3 Å². The van der Waals surface area contributed by atoms with Gasteiger partial charge in [0, 0.05) is 33.4 Å². The van der Waals surface area contributed by atoms with Crippen molar-refractivity contribution in [2.24, 2.45) is 0 Å². The maximum Gasteiger partial charge on any atom is 0.120 e. The smallest absolute Gasteiger partial charge is 0.120 e. The van der Waals surface area contributed by atoms with Crippen LogP contribution < -0.4 is 28.4 Å². The summed E-state index contributed by atoms with van der Waals surface area (Å²) in [5, 5.41) is 0. The lowest BCUT2D eigenvalue weighted by molar-refractivity contribution is -0.00698. The van der Waals surface area contributed by atoms with Crippen LogP contribution in [0.25, 0.3) is 101 Å². The molecule has 0 aliphatic carbocycles. The third-order valence-corrected chi connectivity index (χ3v) is 16.8. The molecule has 6 aliphatic rings. The molecule has 20 nitrogen and oxygen atoms in total. The minimum absolute atomic E-state index is 0.322. The number of fused-ring (bicyclic) bond motifs is 5. The first kappa shape index (κ1) is 68.6. The highest BCUT2D eigenvalue weighted by atomic mass is 16.6. The van der Waals surface area contributed by atoms with Crippen molar-refractivity contribution in [1.82, 2.24) is 29.9 Å². The van der Waals surface area contributed by atoms with E-state index in [9.17, 15) is 0 Å². The summed E-state index contributed by atoms with van der Waals surface area (Å²) in [5.41, 5.74) is 12.8. The topological polar surface area (TPSA) is 207 Å². The van der Waals surface area contributed by atoms with E-state index in [0.29, 0.717) is 247 Å². The number of nitrogens with zero attached hydrogens (tertiary/aromatic N) is 6. The SMILES string of the molecule is c1ccc(COc2ccc(-c3nc4c5nc3-c3ccc(cc3)OCCOCCOCCOCCOCCOc3ccc(cc3)-c3nc5c5nc3-c3ccc(cc3)OCCOCCOCCOCCOCCOc3ccc(cc3)-c3nc5c4nc3-c3ccc(OCc4ccccc4)cc3)cc2)cc1. The zero-order valence-corrected chi connectivity index (χ0v) is 56.6. The summed E-state index contributed by atoms with van der Waals surface area (Å²) < 4.78 is 84.1. The molecule has 9 heterocycles. The van der Waals surface area contributed by atoms with Crippen molar-refractivity contribution < 1.29 is 66.3 Å². The molecule has 20 heteroatoms. The van der Waals surface area contributed by atoms with E-state index in [2.05, 4.69) is 0 Å². The number of ether oxygens (including phenoxy) is 14. The minimum Gasteiger partial charge on any atom is -0.491 e. The number of aromatic nitrogens is 6. The lowest BCUT2D eigenvalue weighted by Crippen LogP contribution is -2.14. The van der Waals surface area contributed by atoms with Gasteiger partial charge in [0.2, 0.25) is 0 Å². The minimum atomic E-state index is 0.322. The fraction of sp³-hybridized carbons (Fsp3) is 0.268. The predicted molar refractivity (Wildman–Crippen MR) is 388 cm³/mol. The van der Waals surface area contributed by atoms with Crippen molar-refractivity contribution >= 4 is 33.1 Å². The summed E-state index contributed by atoms with van der Waals surface area (Å²) in [4.78, 5) is 34.5. The van der Waals surface area contributed by atoms with Crippen LogP contribution in [0.5, 0.6) is 34.5 Å². The van der Waals surface area contributed by atoms with Crippen LogP contribution in [0, 0.1) is 0 Å². The molecule has 18 rings (SSSR count). The van der Waals surface area contributed by atoms with E-state index in [1.54, 1.807) is 0 Å². The molecule has 9 aromatic carbocycles. The molecule has 0 atom stereocenters. The van der Waals surface area contributed by atoms with Crippen LogP contribution in [0.2, 0.25) is 0 Å². The van der Waals surface area contributed by atoms with Crippen molar-refractivity contribution in [2.75, 3.05) is 132 Å². The number of hydrogen-bond acceptors (Lipinski definition) is 20. The second-order valence-electron chi connectivity index (χ2n) is 23.8. The van der Waals surface area contributed by atoms with E-state index in [-0.39, 0.29) is 0 Å². The molecular formula is C82H78N6O14. The molecule has 102 heavy (non-hydrogen) atoms. The average Bonchev–Trinajstić information content (AvgIpc) is 0.714. The van der Waals surface area contributed by atoms with Gasteiger partial charge >= 0.3 is 0 Å². The van der Waals surface area contributed by atoms with E-state index in [1.165, 1.54) is 0 Å². The molecule has 0 unspecified atom stereocenters. The van der Waals surface area contributed by atoms with Gasteiger partial charge in [-0.15, -0.1) is 0 Å². The van der Waals surface area contributed by atoms with E-state index in [0.717, 1.165) is 44.5 Å². The van der Waals surface area contributed by atoms with Crippen LogP contribution in [0.15, 0.2) is 206 Å². The molecule has 0 amide bonds. The molecule has 0 saturated carbocycles. The van der Waals surface area contributed by atoms with Gasteiger partial charge in [-0.1, -0.05) is 60.7 Å². The van der Waals surface area contributed by atoms with E-state index < -0.39 is 0 Å². The highest BCUT2D eigenvalue weighted by Crippen LogP contribution is 2.43. The normalized spacial score (nSPS) is 15.3. The van der Waals surface area contributed by atoms with E-state index >= 15 is 0 Å². The Morgan fingerprint density at radius 3 is 0.598 bits per heavy atom. The van der Waals surface area contributed by atoms with Crippen LogP contribution in [0.3, 0.4) is 0 Å². The molecule has 0 N–H and O–H groups in total. The first-order valence-electron chi connectivity index (χ1n) is 34.5. The molecule has 6 aliphatic heterocycles. The van der Waals surface area contributed by atoms with Crippen LogP contribution >= 0.6 is 0 Å². The van der Waals surface area contributed by atoms with Crippen LogP contribution in [-0.2, 0) is 51.1 Å². The van der Waals surface area contributed by atoms with Crippen LogP contribution in [0.4, 0.5) is 0 Å². The average molecular weight is 1370 g/mol. The molecule has 0 saturated heterocycles. The Kier molecular flexibility index (Phi) is 23.7. The van der Waals surface area contributed by atoms with Crippen molar-refractivity contribution in [3.63, 3.8) is 0 Å². The highest BCUT2D eigenvalue weighted by Gasteiger charge is 2.27. The maximum atomic E-state index is 6.35. The summed E-state index contributed by atoms with van der Waals surface area (Å²) in [6, 6.07) is 67.3. The number of hydrogen-bond donors (Lipinski definition) is 0. The van der Waals surface area contributed by atoms with Gasteiger partial charge in [0.15, 0.2) is 0 Å². The largest absolute Gasteiger partial charge is 0.491 e. The summed E-state index contributed by atoms with van der Waals surface area (Å²) in [6.45, 7) is 8.65. The van der Waals surface area contributed by atoms with Crippen LogP contribution in [-0.4, -0.2) is 162 Å². The molecule has 16 bridgehead atoms. The van der Waals surface area contributed by atoms with Gasteiger partial charge in [0.25, 0.3) is 0 Å². The summed E-state index contributed by atoms with van der Waals surface area (Å²) in [5.74, 6) is 3.98. The monoisotopic (exact) mass is 1370 g/mol. The lowest BCUT2D eigenvalue weighted by Gasteiger charge is -2.18. The molecule has 12 aromatic rings. The second-order valence-corrected chi connectivity index (χ2v) is 23.8. The second kappa shape index (κ2) is 35.2. The maximum absolute atomic E-state index is 6.35. The summed E-state index contributed by atoms with van der Waals surface area (Å²) >= 11 is 0. The van der Waals surface area contributed by atoms with Gasteiger partial charge in [-0.25, -0.2) is 29.9 Å². The Hall–Kier alpha value is -10.5. The van der Waals surface area contributed by atoms with Crippen molar-refractivity contribution in [3.05, 3.63) is 217 Å². The molecular weight excluding hydrogens is 1290 g/mol. The van der Waals surface area contributed by atoms with Crippen molar-refractivity contribution in [3.8, 4) is 102 Å². The van der Waals surface area contributed by atoms with Gasteiger partial charge in [0.05, 0.1) is 140 Å². The third-order valence-electron chi connectivity index (χ3n) is 16.8. The highest BCUT2D eigenvalue weighted by molar-refractivity contribution is 6.20. The standard InChI is InChI=1S/C82H78N6O14/c1-3-7-57(8-4-1)55-101-69-31-19-63(20-32-69)75-73-61-15-27-67(28-16-61)99-53-49-95-45-41-91-37-35-89-39-43-93-47-51-97-65-23-11-59(12-24-65)71-72-60-13-25-66(26-14-60)98-52-48-94-44-40-90-36-38-92-42-46-96-50-54-100-68-29-17-62(18-30-68)74-76(64-21-33-70(34-22-64)102-56-58-9-5-2-6-10-58)88-82-80(86-74)78(84-72)77(83-71)79(85-73)81(82)87-75/h1-34H,35-56H2. The molecule has 3 aromatic heterocycles. The molecule has 0 radical (unpaired) electrons. The van der Waals surface area contributed by atoms with E-state index in [4.69, 9.17) is 96.2 Å². The lowest BCUT2D eigenvalue weighted by atomic mass is 10.0. The predicted octanol–water partition coefficient (Wildman–Crippen LogP) is 14.4. The Bertz CT molecular complexity index is 4340. The first-order valence-corrected chi connectivity index (χ1v) is 34.5. The number of rotatable bonds is 8. The van der Waals surface area contributed by atoms with Gasteiger partial charge in [-0.3, -0.25) is 0 Å². The Morgan fingerprint density at radius 1 is 0.206 bits per heavy atom. The summed E-state index contributed by atoms with van der Waals surface area (Å²) in [7, 11) is 0. The van der Waals surface area contributed by atoms with Gasteiger partial charge in [-0.05, 0) is 157 Å². The van der Waals surface area contributed by atoms with Crippen molar-refractivity contribution in [2.45, 2.75) is 13.2 Å². The molecule has 0 fully saturated rings. The van der Waals surface area contributed by atoms with Crippen LogP contribution in [0.1, 0.15) is 11.1 Å².